The van der Waals surface area contributed by atoms with Gasteiger partial charge in [0, 0.05) is 50.8 Å². The van der Waals surface area contributed by atoms with Crippen molar-refractivity contribution in [3.63, 3.8) is 0 Å². The van der Waals surface area contributed by atoms with Gasteiger partial charge < -0.3 is 9.47 Å². The van der Waals surface area contributed by atoms with Crippen LogP contribution in [0.5, 0.6) is 0 Å². The predicted octanol–water partition coefficient (Wildman–Crippen LogP) is 3.80. The molecule has 4 heterocycles. The molecule has 0 saturated carbocycles. The Morgan fingerprint density at radius 1 is 1.06 bits per heavy atom. The van der Waals surface area contributed by atoms with E-state index in [1.165, 1.54) is 31.8 Å². The highest BCUT2D eigenvalue weighted by atomic mass is 32.1. The first kappa shape index (κ1) is 19.5. The molecule has 1 saturated heterocycles. The molecular formula is C27H24N3OS+. The summed E-state index contributed by atoms with van der Waals surface area (Å²) >= 11 is 1.82. The Bertz CT molecular complexity index is 1390. The third-order valence-electron chi connectivity index (χ3n) is 6.98. The molecule has 0 aliphatic carbocycles. The Balaban J connectivity index is 1.37. The summed E-state index contributed by atoms with van der Waals surface area (Å²) in [5.41, 5.74) is 4.52. The van der Waals surface area contributed by atoms with Crippen molar-refractivity contribution >= 4 is 21.4 Å². The Kier molecular flexibility index (Phi) is 4.71. The number of rotatable bonds is 3. The van der Waals surface area contributed by atoms with Gasteiger partial charge in [0.05, 0.1) is 24.7 Å². The van der Waals surface area contributed by atoms with Crippen LogP contribution < -0.4 is 10.5 Å². The summed E-state index contributed by atoms with van der Waals surface area (Å²) in [6, 6.07) is 24.8. The molecule has 158 valence electrons. The molecule has 1 N–H and O–H groups in total. The van der Waals surface area contributed by atoms with Crippen molar-refractivity contribution in [1.29, 1.82) is 5.26 Å². The lowest BCUT2D eigenvalue weighted by atomic mass is 9.81. The lowest BCUT2D eigenvalue weighted by Gasteiger charge is -2.41. The summed E-state index contributed by atoms with van der Waals surface area (Å²) in [5.74, 6) is 0.900. The number of thiophene rings is 1. The van der Waals surface area contributed by atoms with Crippen molar-refractivity contribution in [1.82, 2.24) is 4.57 Å². The predicted molar refractivity (Wildman–Crippen MR) is 128 cm³/mol. The van der Waals surface area contributed by atoms with Crippen LogP contribution in [0.15, 0.2) is 71.5 Å². The average Bonchev–Trinajstić information content (AvgIpc) is 3.24. The van der Waals surface area contributed by atoms with Crippen LogP contribution in [0.4, 0.5) is 0 Å². The normalized spacial score (nSPS) is 21.8. The van der Waals surface area contributed by atoms with Crippen LogP contribution in [0.1, 0.15) is 29.2 Å². The molecule has 32 heavy (non-hydrogen) atoms. The summed E-state index contributed by atoms with van der Waals surface area (Å²) in [4.78, 5) is 15.6. The SMILES string of the molecule is N#Cc1cccc(C[NH+]2C[C@@H]3C[C@H](C2)c2c(-c4cc5ccccc5s4)ccc(=O)n2C3)c1. The first-order chi connectivity index (χ1) is 15.7. The van der Waals surface area contributed by atoms with Gasteiger partial charge in [-0.1, -0.05) is 30.3 Å². The van der Waals surface area contributed by atoms with Gasteiger partial charge in [0.2, 0.25) is 0 Å². The molecule has 3 atom stereocenters. The van der Waals surface area contributed by atoms with E-state index in [-0.39, 0.29) is 5.56 Å². The second-order valence-corrected chi connectivity index (χ2v) is 10.3. The summed E-state index contributed by atoms with van der Waals surface area (Å²) in [5, 5.41) is 10.5. The Morgan fingerprint density at radius 3 is 2.84 bits per heavy atom. The van der Waals surface area contributed by atoms with Crippen molar-refractivity contribution in [2.45, 2.75) is 25.4 Å². The molecule has 5 heteroatoms. The third-order valence-corrected chi connectivity index (χ3v) is 8.13. The standard InChI is InChI=1S/C27H23N3OS/c28-13-18-4-3-5-19(10-18)14-29-15-20-11-22(17-29)27-23(8-9-26(31)30(27)16-20)25-12-21-6-1-2-7-24(21)32-25/h1-10,12,20,22H,11,14-17H2/p+1/t20-,22+/m0/s1. The highest BCUT2D eigenvalue weighted by Crippen LogP contribution is 2.40. The molecular weight excluding hydrogens is 414 g/mol. The quantitative estimate of drug-likeness (QED) is 0.529. The number of nitriles is 1. The fourth-order valence-electron chi connectivity index (χ4n) is 5.74. The zero-order valence-corrected chi connectivity index (χ0v) is 18.6. The van der Waals surface area contributed by atoms with Crippen molar-refractivity contribution < 1.29 is 4.90 Å². The molecule has 1 unspecified atom stereocenters. The van der Waals surface area contributed by atoms with Crippen molar-refractivity contribution in [3.05, 3.63) is 93.9 Å². The van der Waals surface area contributed by atoms with Gasteiger partial charge in [0.15, 0.2) is 0 Å². The number of quaternary nitrogens is 1. The third kappa shape index (κ3) is 3.37. The molecule has 2 aliphatic rings. The number of pyridine rings is 1. The lowest BCUT2D eigenvalue weighted by Crippen LogP contribution is -3.13. The molecule has 0 spiro atoms. The minimum absolute atomic E-state index is 0.129. The summed E-state index contributed by atoms with van der Waals surface area (Å²) in [6.45, 7) is 3.84. The highest BCUT2D eigenvalue weighted by Gasteiger charge is 2.38. The van der Waals surface area contributed by atoms with Crippen LogP contribution in [-0.4, -0.2) is 17.7 Å². The van der Waals surface area contributed by atoms with Crippen molar-refractivity contribution in [3.8, 4) is 16.5 Å². The number of nitrogens with zero attached hydrogens (tertiary/aromatic N) is 2. The number of piperidine rings is 1. The lowest BCUT2D eigenvalue weighted by molar-refractivity contribution is -0.924. The maximum Gasteiger partial charge on any atom is 0.250 e. The van der Waals surface area contributed by atoms with Crippen LogP contribution in [0.25, 0.3) is 20.5 Å². The number of nitrogens with one attached hydrogen (secondary N) is 1. The van der Waals surface area contributed by atoms with Crippen LogP contribution >= 0.6 is 11.3 Å². The smallest absolute Gasteiger partial charge is 0.250 e. The monoisotopic (exact) mass is 438 g/mol. The van der Waals surface area contributed by atoms with E-state index >= 15 is 0 Å². The first-order valence-electron chi connectivity index (χ1n) is 11.2. The Labute approximate surface area is 191 Å². The number of benzene rings is 2. The minimum Gasteiger partial charge on any atom is -0.330 e. The molecule has 6 rings (SSSR count). The second-order valence-electron chi connectivity index (χ2n) is 9.18. The van der Waals surface area contributed by atoms with Gasteiger partial charge in [-0.2, -0.15) is 5.26 Å². The van der Waals surface area contributed by atoms with Crippen LogP contribution in [0.2, 0.25) is 0 Å². The van der Waals surface area contributed by atoms with Crippen LogP contribution in [0.3, 0.4) is 0 Å². The Morgan fingerprint density at radius 2 is 1.97 bits per heavy atom. The maximum absolute atomic E-state index is 12.8. The van der Waals surface area contributed by atoms with Crippen LogP contribution in [-0.2, 0) is 13.1 Å². The van der Waals surface area contributed by atoms with Gasteiger partial charge in [-0.15, -0.1) is 11.3 Å². The van der Waals surface area contributed by atoms with Gasteiger partial charge in [0.25, 0.3) is 5.56 Å². The number of hydrogen-bond donors (Lipinski definition) is 1. The second kappa shape index (κ2) is 7.74. The van der Waals surface area contributed by atoms with E-state index in [0.717, 1.165) is 38.2 Å². The molecule has 2 aromatic heterocycles. The van der Waals surface area contributed by atoms with Gasteiger partial charge in [0.1, 0.15) is 6.54 Å². The first-order valence-corrected chi connectivity index (χ1v) is 12.0. The van der Waals surface area contributed by atoms with Crippen LogP contribution in [0, 0.1) is 17.2 Å². The molecule has 2 aliphatic heterocycles. The highest BCUT2D eigenvalue weighted by molar-refractivity contribution is 7.22. The number of hydrogen-bond acceptors (Lipinski definition) is 3. The summed E-state index contributed by atoms with van der Waals surface area (Å²) in [7, 11) is 0. The largest absolute Gasteiger partial charge is 0.330 e. The van der Waals surface area contributed by atoms with E-state index in [2.05, 4.69) is 47.0 Å². The number of fused-ring (bicyclic) bond motifs is 5. The van der Waals surface area contributed by atoms with Crippen molar-refractivity contribution in [2.24, 2.45) is 5.92 Å². The maximum atomic E-state index is 12.8. The van der Waals surface area contributed by atoms with E-state index in [1.807, 2.05) is 35.6 Å². The molecule has 4 aromatic rings. The fraction of sp³-hybridized carbons (Fsp3) is 0.259. The topological polar surface area (TPSA) is 50.2 Å². The van der Waals surface area contributed by atoms with E-state index in [4.69, 9.17) is 0 Å². The zero-order valence-electron chi connectivity index (χ0n) is 17.8. The molecule has 0 radical (unpaired) electrons. The van der Waals surface area contributed by atoms with Gasteiger partial charge in [-0.25, -0.2) is 0 Å². The number of likely N-dealkylation sites (tertiary alicyclic amines) is 1. The fourth-order valence-corrected chi connectivity index (χ4v) is 6.84. The molecule has 1 fully saturated rings. The van der Waals surface area contributed by atoms with E-state index in [0.29, 0.717) is 11.8 Å². The zero-order chi connectivity index (χ0) is 21.7. The van der Waals surface area contributed by atoms with E-state index < -0.39 is 0 Å². The minimum atomic E-state index is 0.129. The van der Waals surface area contributed by atoms with Gasteiger partial charge in [-0.05, 0) is 42.1 Å². The number of aromatic nitrogens is 1. The molecule has 2 bridgehead atoms. The van der Waals surface area contributed by atoms with E-state index in [9.17, 15) is 10.1 Å². The van der Waals surface area contributed by atoms with Gasteiger partial charge >= 0.3 is 0 Å². The van der Waals surface area contributed by atoms with Gasteiger partial charge in [-0.3, -0.25) is 4.79 Å². The molecule has 0 amide bonds. The molecule has 2 aromatic carbocycles. The summed E-state index contributed by atoms with van der Waals surface area (Å²) in [6.07, 6.45) is 1.16. The van der Waals surface area contributed by atoms with Crippen molar-refractivity contribution in [2.75, 3.05) is 13.1 Å². The average molecular weight is 439 g/mol. The van der Waals surface area contributed by atoms with E-state index in [1.54, 1.807) is 11.0 Å². The summed E-state index contributed by atoms with van der Waals surface area (Å²) < 4.78 is 3.35. The Hall–Kier alpha value is -3.20. The molecule has 4 nitrogen and oxygen atoms in total.